The minimum absolute atomic E-state index is 0.112. The second-order valence-electron chi connectivity index (χ2n) is 9.53. The van der Waals surface area contributed by atoms with Gasteiger partial charge in [0.05, 0.1) is 30.7 Å². The number of anilines is 3. The molecule has 0 radical (unpaired) electrons. The number of fused-ring (bicyclic) bond motifs is 3. The zero-order valence-electron chi connectivity index (χ0n) is 22.4. The van der Waals surface area contributed by atoms with Gasteiger partial charge in [0.15, 0.2) is 11.5 Å². The van der Waals surface area contributed by atoms with E-state index in [0.29, 0.717) is 28.6 Å². The second kappa shape index (κ2) is 11.1. The summed E-state index contributed by atoms with van der Waals surface area (Å²) in [6.07, 6.45) is 10.1. The number of methoxy groups -OCH3 is 1. The number of amides is 1. The zero-order chi connectivity index (χ0) is 27.5. The Kier molecular flexibility index (Phi) is 7.49. The van der Waals surface area contributed by atoms with Crippen LogP contribution in [0.15, 0.2) is 43.4 Å². The summed E-state index contributed by atoms with van der Waals surface area (Å²) in [4.78, 5) is 41.3. The topological polar surface area (TPSA) is 124 Å². The van der Waals surface area contributed by atoms with Gasteiger partial charge in [-0.25, -0.2) is 14.8 Å². The lowest BCUT2D eigenvalue weighted by Gasteiger charge is -2.42. The number of benzene rings is 1. The normalized spacial score (nSPS) is 16.3. The number of nitrogens with one attached hydrogen (secondary N) is 2. The molecule has 1 atom stereocenters. The number of carbonyl (C=O) groups is 2. The molecule has 0 unspecified atom stereocenters. The molecule has 1 aliphatic heterocycles. The molecule has 0 saturated heterocycles. The van der Waals surface area contributed by atoms with Crippen LogP contribution >= 0.6 is 0 Å². The molecule has 2 N–H and O–H groups in total. The Labute approximate surface area is 227 Å². The SMILES string of the molecule is C=CCOC(=O)c1ncn2c1[C@@H](CC)N(C1CCCC1)c1nc(Nc3ccc(C(=O)NC)cc3OC)ncc1-2. The van der Waals surface area contributed by atoms with E-state index >= 15 is 0 Å². The van der Waals surface area contributed by atoms with Crippen molar-refractivity contribution in [2.75, 3.05) is 31.0 Å². The van der Waals surface area contributed by atoms with Gasteiger partial charge in [0.25, 0.3) is 5.91 Å². The Bertz CT molecular complexity index is 1400. The van der Waals surface area contributed by atoms with Gasteiger partial charge >= 0.3 is 5.97 Å². The van der Waals surface area contributed by atoms with Gasteiger partial charge in [-0.2, -0.15) is 4.98 Å². The summed E-state index contributed by atoms with van der Waals surface area (Å²) in [5, 5.41) is 5.88. The van der Waals surface area contributed by atoms with Crippen molar-refractivity contribution in [1.82, 2.24) is 24.8 Å². The lowest BCUT2D eigenvalue weighted by Crippen LogP contribution is -2.42. The third-order valence-corrected chi connectivity index (χ3v) is 7.28. The molecule has 11 nitrogen and oxygen atoms in total. The van der Waals surface area contributed by atoms with Crippen molar-refractivity contribution < 1.29 is 19.1 Å². The zero-order valence-corrected chi connectivity index (χ0v) is 22.4. The van der Waals surface area contributed by atoms with Gasteiger partial charge in [-0.15, -0.1) is 0 Å². The molecular weight excluding hydrogens is 498 g/mol. The van der Waals surface area contributed by atoms with Crippen molar-refractivity contribution in [2.45, 2.75) is 51.1 Å². The van der Waals surface area contributed by atoms with E-state index in [2.05, 4.69) is 39.0 Å². The molecular formula is C28H33N7O4. The van der Waals surface area contributed by atoms with Crippen LogP contribution < -0.4 is 20.3 Å². The number of hydrogen-bond acceptors (Lipinski definition) is 9. The van der Waals surface area contributed by atoms with Crippen LogP contribution in [0.25, 0.3) is 5.69 Å². The molecule has 11 heteroatoms. The van der Waals surface area contributed by atoms with Crippen molar-refractivity contribution in [1.29, 1.82) is 0 Å². The van der Waals surface area contributed by atoms with E-state index in [1.165, 1.54) is 0 Å². The average molecular weight is 532 g/mol. The second-order valence-corrected chi connectivity index (χ2v) is 9.53. The van der Waals surface area contributed by atoms with E-state index in [1.54, 1.807) is 51.0 Å². The Morgan fingerprint density at radius 3 is 2.72 bits per heavy atom. The maximum absolute atomic E-state index is 12.9. The molecule has 0 bridgehead atoms. The molecule has 2 aliphatic rings. The Morgan fingerprint density at radius 1 is 1.23 bits per heavy atom. The largest absolute Gasteiger partial charge is 0.495 e. The first-order valence-electron chi connectivity index (χ1n) is 13.2. The summed E-state index contributed by atoms with van der Waals surface area (Å²) in [6, 6.07) is 5.31. The first-order chi connectivity index (χ1) is 19.0. The van der Waals surface area contributed by atoms with Crippen molar-refractivity contribution in [3.8, 4) is 11.4 Å². The van der Waals surface area contributed by atoms with Gasteiger partial charge in [0.1, 0.15) is 24.4 Å². The number of nitrogens with zero attached hydrogens (tertiary/aromatic N) is 5. The van der Waals surface area contributed by atoms with Crippen molar-refractivity contribution >= 4 is 29.3 Å². The predicted molar refractivity (Wildman–Crippen MR) is 147 cm³/mol. The van der Waals surface area contributed by atoms with E-state index in [9.17, 15) is 9.59 Å². The molecule has 3 aromatic rings. The smallest absolute Gasteiger partial charge is 0.359 e. The first kappa shape index (κ1) is 26.2. The molecule has 39 heavy (non-hydrogen) atoms. The third-order valence-electron chi connectivity index (χ3n) is 7.28. The fraction of sp³-hybridized carbons (Fsp3) is 0.393. The van der Waals surface area contributed by atoms with Crippen molar-refractivity contribution in [2.24, 2.45) is 0 Å². The molecule has 3 heterocycles. The van der Waals surface area contributed by atoms with Crippen LogP contribution in [0.4, 0.5) is 17.5 Å². The number of hydrogen-bond donors (Lipinski definition) is 2. The minimum Gasteiger partial charge on any atom is -0.495 e. The summed E-state index contributed by atoms with van der Waals surface area (Å²) < 4.78 is 12.8. The number of aromatic nitrogens is 4. The van der Waals surface area contributed by atoms with Gasteiger partial charge in [-0.05, 0) is 37.5 Å². The fourth-order valence-corrected chi connectivity index (χ4v) is 5.49. The van der Waals surface area contributed by atoms with Crippen LogP contribution in [-0.4, -0.2) is 58.2 Å². The van der Waals surface area contributed by atoms with Crippen LogP contribution in [0.5, 0.6) is 5.75 Å². The molecule has 2 aromatic heterocycles. The van der Waals surface area contributed by atoms with E-state index in [0.717, 1.165) is 49.3 Å². The van der Waals surface area contributed by atoms with Crippen molar-refractivity contribution in [3.63, 3.8) is 0 Å². The lowest BCUT2D eigenvalue weighted by atomic mass is 10.00. The van der Waals surface area contributed by atoms with Gasteiger partial charge in [0.2, 0.25) is 5.95 Å². The molecule has 204 valence electrons. The molecule has 5 rings (SSSR count). The third kappa shape index (κ3) is 4.80. The average Bonchev–Trinajstić information content (AvgIpc) is 3.65. The number of esters is 1. The van der Waals surface area contributed by atoms with E-state index in [-0.39, 0.29) is 24.6 Å². The highest BCUT2D eigenvalue weighted by atomic mass is 16.5. The van der Waals surface area contributed by atoms with Crippen LogP contribution in [-0.2, 0) is 4.74 Å². The van der Waals surface area contributed by atoms with Gasteiger partial charge in [-0.3, -0.25) is 9.36 Å². The van der Waals surface area contributed by atoms with Crippen LogP contribution in [0.3, 0.4) is 0 Å². The summed E-state index contributed by atoms with van der Waals surface area (Å²) in [5.41, 5.74) is 2.97. The van der Waals surface area contributed by atoms with Crippen LogP contribution in [0.2, 0.25) is 0 Å². The van der Waals surface area contributed by atoms with Crippen molar-refractivity contribution in [3.05, 3.63) is 60.3 Å². The number of carbonyl (C=O) groups excluding carboxylic acids is 2. The summed E-state index contributed by atoms with van der Waals surface area (Å²) >= 11 is 0. The molecule has 1 aromatic carbocycles. The van der Waals surface area contributed by atoms with Crippen LogP contribution in [0.1, 0.15) is 71.6 Å². The van der Waals surface area contributed by atoms with Gasteiger partial charge in [-0.1, -0.05) is 32.4 Å². The Morgan fingerprint density at radius 2 is 2.03 bits per heavy atom. The number of ether oxygens (including phenoxy) is 2. The summed E-state index contributed by atoms with van der Waals surface area (Å²) in [6.45, 7) is 5.86. The quantitative estimate of drug-likeness (QED) is 0.307. The first-order valence-corrected chi connectivity index (χ1v) is 13.2. The maximum atomic E-state index is 12.9. The molecule has 0 spiro atoms. The minimum atomic E-state index is -0.469. The summed E-state index contributed by atoms with van der Waals surface area (Å²) in [5.74, 6) is 1.00. The van der Waals surface area contributed by atoms with E-state index in [1.807, 2.05) is 4.57 Å². The lowest BCUT2D eigenvalue weighted by molar-refractivity contribution is 0.0541. The van der Waals surface area contributed by atoms with Gasteiger partial charge < -0.3 is 25.0 Å². The highest BCUT2D eigenvalue weighted by Crippen LogP contribution is 2.45. The van der Waals surface area contributed by atoms with Gasteiger partial charge in [0, 0.05) is 18.7 Å². The predicted octanol–water partition coefficient (Wildman–Crippen LogP) is 4.33. The van der Waals surface area contributed by atoms with Crippen LogP contribution in [0, 0.1) is 0 Å². The molecule has 1 fully saturated rings. The van der Waals surface area contributed by atoms with E-state index < -0.39 is 5.97 Å². The highest BCUT2D eigenvalue weighted by molar-refractivity contribution is 5.95. The number of rotatable bonds is 9. The maximum Gasteiger partial charge on any atom is 0.359 e. The Balaban J connectivity index is 1.57. The molecule has 1 amide bonds. The Hall–Kier alpha value is -4.41. The monoisotopic (exact) mass is 531 g/mol. The van der Waals surface area contributed by atoms with E-state index in [4.69, 9.17) is 14.5 Å². The molecule has 1 aliphatic carbocycles. The highest BCUT2D eigenvalue weighted by Gasteiger charge is 2.40. The molecule has 1 saturated carbocycles. The fourth-order valence-electron chi connectivity index (χ4n) is 5.49. The standard InChI is InChI=1S/C28H33N7O4/c1-5-13-39-27(37)23-24-20(6-2)35(18-9-7-8-10-18)25-21(34(24)16-31-23)15-30-28(33-25)32-19-12-11-17(26(36)29-3)14-22(19)38-4/h5,11-12,14-16,18,20H,1,6-10,13H2,2-4H3,(H,29,36)(H,30,32,33)/t20-/m1/s1. The number of imidazole rings is 1. The summed E-state index contributed by atoms with van der Waals surface area (Å²) in [7, 11) is 3.13.